The normalized spacial score (nSPS) is 10.4. The predicted octanol–water partition coefficient (Wildman–Crippen LogP) is 1.19. The van der Waals surface area contributed by atoms with Gasteiger partial charge in [0.05, 0.1) is 0 Å². The maximum Gasteiger partial charge on any atom is -0.00368 e. The van der Waals surface area contributed by atoms with Crippen LogP contribution in [0, 0.1) is 6.92 Å². The number of hydrogen-bond acceptors (Lipinski definition) is 2. The Morgan fingerprint density at radius 1 is 1.00 bits per heavy atom. The Morgan fingerprint density at radius 3 is 2.18 bits per heavy atom. The molecular formula is C9H21N2. The van der Waals surface area contributed by atoms with E-state index in [1.807, 2.05) is 0 Å². The molecule has 0 rings (SSSR count). The zero-order valence-corrected chi connectivity index (χ0v) is 7.66. The molecule has 0 aromatic rings. The van der Waals surface area contributed by atoms with E-state index in [-0.39, 0.29) is 0 Å². The second-order valence-corrected chi connectivity index (χ2v) is 2.71. The van der Waals surface area contributed by atoms with Crippen LogP contribution in [0.15, 0.2) is 0 Å². The van der Waals surface area contributed by atoms with Gasteiger partial charge in [-0.1, -0.05) is 13.8 Å². The maximum absolute atomic E-state index is 3.75. The first kappa shape index (κ1) is 10.9. The van der Waals surface area contributed by atoms with Crippen LogP contribution in [0.4, 0.5) is 0 Å². The third-order valence-electron chi connectivity index (χ3n) is 1.49. The van der Waals surface area contributed by atoms with Crippen molar-refractivity contribution in [3.8, 4) is 0 Å². The number of nitrogens with one attached hydrogen (secondary N) is 2. The van der Waals surface area contributed by atoms with Gasteiger partial charge in [-0.3, -0.25) is 0 Å². The summed E-state index contributed by atoms with van der Waals surface area (Å²) in [7, 11) is 0. The highest BCUT2D eigenvalue weighted by Crippen LogP contribution is 1.76. The van der Waals surface area contributed by atoms with Crippen molar-refractivity contribution in [2.24, 2.45) is 0 Å². The molecule has 0 aliphatic heterocycles. The van der Waals surface area contributed by atoms with Crippen LogP contribution in [0.3, 0.4) is 0 Å². The monoisotopic (exact) mass is 157 g/mol. The van der Waals surface area contributed by atoms with E-state index in [0.717, 1.165) is 32.6 Å². The lowest BCUT2D eigenvalue weighted by atomic mass is 10.4. The highest BCUT2D eigenvalue weighted by atomic mass is 14.9. The van der Waals surface area contributed by atoms with Gasteiger partial charge in [-0.15, -0.1) is 0 Å². The first-order valence-corrected chi connectivity index (χ1v) is 4.62. The lowest BCUT2D eigenvalue weighted by Gasteiger charge is -2.03. The molecule has 0 aliphatic carbocycles. The summed E-state index contributed by atoms with van der Waals surface area (Å²) in [6.45, 7) is 10.4. The standard InChI is InChI=1S/C9H21N2/c1-3-6-10-8-5-9-11-7-4-2/h10-11H,1,3-9H2,2H3. The highest BCUT2D eigenvalue weighted by molar-refractivity contribution is 4.51. The van der Waals surface area contributed by atoms with E-state index in [2.05, 4.69) is 24.5 Å². The van der Waals surface area contributed by atoms with Crippen molar-refractivity contribution < 1.29 is 0 Å². The highest BCUT2D eigenvalue weighted by Gasteiger charge is 1.85. The Kier molecular flexibility index (Phi) is 9.85. The van der Waals surface area contributed by atoms with Gasteiger partial charge >= 0.3 is 0 Å². The van der Waals surface area contributed by atoms with Crippen LogP contribution in [-0.2, 0) is 0 Å². The molecule has 0 saturated heterocycles. The fraction of sp³-hybridized carbons (Fsp3) is 0.889. The molecule has 0 atom stereocenters. The van der Waals surface area contributed by atoms with Crippen LogP contribution in [0.25, 0.3) is 0 Å². The molecule has 2 heteroatoms. The molecule has 0 fully saturated rings. The summed E-state index contributed by atoms with van der Waals surface area (Å²) in [5.41, 5.74) is 0. The zero-order valence-electron chi connectivity index (χ0n) is 7.66. The minimum absolute atomic E-state index is 0.988. The van der Waals surface area contributed by atoms with Crippen molar-refractivity contribution in [2.75, 3.05) is 26.2 Å². The minimum Gasteiger partial charge on any atom is -0.317 e. The third kappa shape index (κ3) is 9.92. The molecule has 0 aromatic carbocycles. The zero-order chi connectivity index (χ0) is 8.36. The summed E-state index contributed by atoms with van der Waals surface area (Å²) in [5.74, 6) is 0. The maximum atomic E-state index is 3.75. The topological polar surface area (TPSA) is 24.1 Å². The molecule has 0 bridgehead atoms. The van der Waals surface area contributed by atoms with E-state index >= 15 is 0 Å². The lowest BCUT2D eigenvalue weighted by molar-refractivity contribution is 0.594. The van der Waals surface area contributed by atoms with Gasteiger partial charge in [0, 0.05) is 0 Å². The predicted molar refractivity (Wildman–Crippen MR) is 50.6 cm³/mol. The first-order chi connectivity index (χ1) is 5.41. The van der Waals surface area contributed by atoms with Crippen LogP contribution in [0.1, 0.15) is 26.2 Å². The van der Waals surface area contributed by atoms with Gasteiger partial charge in [0.2, 0.25) is 0 Å². The Hall–Kier alpha value is -0.0800. The number of hydrogen-bond donors (Lipinski definition) is 2. The Bertz CT molecular complexity index is 56.6. The van der Waals surface area contributed by atoms with Gasteiger partial charge in [-0.05, 0) is 45.4 Å². The van der Waals surface area contributed by atoms with Crippen molar-refractivity contribution in [1.29, 1.82) is 0 Å². The Balaban J connectivity index is 2.69. The van der Waals surface area contributed by atoms with Crippen molar-refractivity contribution in [2.45, 2.75) is 26.2 Å². The van der Waals surface area contributed by atoms with Crippen LogP contribution in [0.2, 0.25) is 0 Å². The summed E-state index contributed by atoms with van der Waals surface area (Å²) in [4.78, 5) is 0. The molecule has 0 unspecified atom stereocenters. The number of rotatable bonds is 8. The third-order valence-corrected chi connectivity index (χ3v) is 1.49. The second kappa shape index (κ2) is 9.92. The van der Waals surface area contributed by atoms with E-state index in [9.17, 15) is 0 Å². The molecule has 2 N–H and O–H groups in total. The summed E-state index contributed by atoms with van der Waals surface area (Å²) < 4.78 is 0. The average Bonchev–Trinajstić information content (AvgIpc) is 2.03. The fourth-order valence-corrected chi connectivity index (χ4v) is 0.890. The van der Waals surface area contributed by atoms with E-state index < -0.39 is 0 Å². The lowest BCUT2D eigenvalue weighted by Crippen LogP contribution is -2.22. The van der Waals surface area contributed by atoms with Gasteiger partial charge in [0.15, 0.2) is 0 Å². The molecule has 0 aliphatic rings. The van der Waals surface area contributed by atoms with E-state index in [4.69, 9.17) is 0 Å². The smallest absolute Gasteiger partial charge is 0.00368 e. The molecule has 11 heavy (non-hydrogen) atoms. The minimum atomic E-state index is 0.988. The molecule has 0 saturated carbocycles. The molecule has 0 aromatic heterocycles. The van der Waals surface area contributed by atoms with Crippen molar-refractivity contribution in [3.63, 3.8) is 0 Å². The second-order valence-electron chi connectivity index (χ2n) is 2.71. The van der Waals surface area contributed by atoms with Gasteiger partial charge in [-0.25, -0.2) is 0 Å². The van der Waals surface area contributed by atoms with Crippen molar-refractivity contribution in [3.05, 3.63) is 6.92 Å². The molecular weight excluding hydrogens is 136 g/mol. The molecule has 2 nitrogen and oxygen atoms in total. The summed E-state index contributed by atoms with van der Waals surface area (Å²) in [6.07, 6.45) is 3.44. The van der Waals surface area contributed by atoms with Crippen molar-refractivity contribution >= 4 is 0 Å². The van der Waals surface area contributed by atoms with E-state index in [1.54, 1.807) is 0 Å². The molecule has 0 spiro atoms. The summed E-state index contributed by atoms with van der Waals surface area (Å²) in [5, 5.41) is 6.67. The molecule has 0 amide bonds. The first-order valence-electron chi connectivity index (χ1n) is 4.62. The van der Waals surface area contributed by atoms with E-state index in [0.29, 0.717) is 0 Å². The molecule has 1 radical (unpaired) electrons. The van der Waals surface area contributed by atoms with Crippen LogP contribution < -0.4 is 10.6 Å². The molecule has 0 heterocycles. The Morgan fingerprint density at radius 2 is 1.64 bits per heavy atom. The average molecular weight is 157 g/mol. The van der Waals surface area contributed by atoms with Crippen molar-refractivity contribution in [1.82, 2.24) is 10.6 Å². The fourth-order valence-electron chi connectivity index (χ4n) is 0.890. The largest absolute Gasteiger partial charge is 0.317 e. The van der Waals surface area contributed by atoms with Crippen LogP contribution in [0.5, 0.6) is 0 Å². The molecule has 67 valence electrons. The van der Waals surface area contributed by atoms with Crippen LogP contribution in [-0.4, -0.2) is 26.2 Å². The van der Waals surface area contributed by atoms with Gasteiger partial charge in [0.25, 0.3) is 0 Å². The Labute approximate surface area is 70.8 Å². The van der Waals surface area contributed by atoms with Crippen LogP contribution >= 0.6 is 0 Å². The van der Waals surface area contributed by atoms with E-state index in [1.165, 1.54) is 12.8 Å². The summed E-state index contributed by atoms with van der Waals surface area (Å²) in [6, 6.07) is 0. The van der Waals surface area contributed by atoms with Gasteiger partial charge in [0.1, 0.15) is 0 Å². The van der Waals surface area contributed by atoms with Gasteiger partial charge < -0.3 is 10.6 Å². The summed E-state index contributed by atoms with van der Waals surface area (Å²) >= 11 is 0. The SMILES string of the molecule is [CH2]CCNCCCNCCC. The quantitative estimate of drug-likeness (QED) is 0.517. The van der Waals surface area contributed by atoms with Gasteiger partial charge in [-0.2, -0.15) is 0 Å².